The highest BCUT2D eigenvalue weighted by Gasteiger charge is 2.33. The number of aryl methyl sites for hydroxylation is 2. The summed E-state index contributed by atoms with van der Waals surface area (Å²) in [6.45, 7) is 9.10. The molecular formula is C15H24N2O2S. The first-order valence-electron chi connectivity index (χ1n) is 7.11. The average molecular weight is 296 g/mol. The summed E-state index contributed by atoms with van der Waals surface area (Å²) < 4.78 is 27.4. The monoisotopic (exact) mass is 296 g/mol. The molecule has 1 aromatic rings. The van der Waals surface area contributed by atoms with Gasteiger partial charge in [-0.1, -0.05) is 26.0 Å². The zero-order valence-corrected chi connectivity index (χ0v) is 13.5. The molecule has 1 aliphatic heterocycles. The van der Waals surface area contributed by atoms with E-state index in [9.17, 15) is 8.42 Å². The molecule has 1 saturated heterocycles. The van der Waals surface area contributed by atoms with Gasteiger partial charge >= 0.3 is 0 Å². The van der Waals surface area contributed by atoms with Crippen LogP contribution < -0.4 is 5.73 Å². The third-order valence-electron chi connectivity index (χ3n) is 4.51. The molecule has 0 bridgehead atoms. The molecule has 5 heteroatoms. The van der Waals surface area contributed by atoms with Gasteiger partial charge in [0.25, 0.3) is 0 Å². The predicted molar refractivity (Wildman–Crippen MR) is 82.0 cm³/mol. The molecule has 1 aliphatic rings. The van der Waals surface area contributed by atoms with E-state index in [-0.39, 0.29) is 0 Å². The number of piperidine rings is 1. The lowest BCUT2D eigenvalue weighted by molar-refractivity contribution is 0.212. The third-order valence-corrected chi connectivity index (χ3v) is 6.57. The van der Waals surface area contributed by atoms with Gasteiger partial charge in [0.1, 0.15) is 4.90 Å². The van der Waals surface area contributed by atoms with Gasteiger partial charge in [-0.2, -0.15) is 4.31 Å². The Hall–Kier alpha value is -1.07. The predicted octanol–water partition coefficient (Wildman–Crippen LogP) is 2.55. The molecule has 2 N–H and O–H groups in total. The van der Waals surface area contributed by atoms with Crippen LogP contribution >= 0.6 is 0 Å². The Morgan fingerprint density at radius 3 is 2.35 bits per heavy atom. The molecule has 0 aliphatic carbocycles. The Morgan fingerprint density at radius 1 is 1.15 bits per heavy atom. The number of rotatable bonds is 2. The molecule has 1 fully saturated rings. The Morgan fingerprint density at radius 2 is 1.75 bits per heavy atom. The standard InChI is InChI=1S/C15H24N2O2S/c1-10-7-8-17(9-13(10)4)20(18,19)15-12(3)6-5-11(2)14(15)16/h5-6,10,13H,7-9,16H2,1-4H3. The summed E-state index contributed by atoms with van der Waals surface area (Å²) in [5.41, 5.74) is 7.95. The lowest BCUT2D eigenvalue weighted by Crippen LogP contribution is -2.42. The molecule has 0 aromatic heterocycles. The number of anilines is 1. The molecule has 2 unspecified atom stereocenters. The minimum atomic E-state index is -3.49. The molecule has 0 amide bonds. The van der Waals surface area contributed by atoms with Crippen LogP contribution in [0.5, 0.6) is 0 Å². The van der Waals surface area contributed by atoms with Crippen molar-refractivity contribution in [1.82, 2.24) is 4.31 Å². The van der Waals surface area contributed by atoms with Crippen LogP contribution in [0.3, 0.4) is 0 Å². The molecule has 20 heavy (non-hydrogen) atoms. The first-order chi connectivity index (χ1) is 9.25. The van der Waals surface area contributed by atoms with Crippen LogP contribution in [0.1, 0.15) is 31.4 Å². The fraction of sp³-hybridized carbons (Fsp3) is 0.600. The van der Waals surface area contributed by atoms with Gasteiger partial charge in [-0.3, -0.25) is 0 Å². The molecule has 4 nitrogen and oxygen atoms in total. The van der Waals surface area contributed by atoms with E-state index in [1.807, 2.05) is 19.1 Å². The van der Waals surface area contributed by atoms with E-state index in [1.54, 1.807) is 11.2 Å². The van der Waals surface area contributed by atoms with Crippen molar-refractivity contribution in [2.24, 2.45) is 11.8 Å². The number of nitrogens with zero attached hydrogens (tertiary/aromatic N) is 1. The topological polar surface area (TPSA) is 63.4 Å². The normalized spacial score (nSPS) is 24.8. The smallest absolute Gasteiger partial charge is 0.245 e. The van der Waals surface area contributed by atoms with Crippen LogP contribution in [-0.2, 0) is 10.0 Å². The van der Waals surface area contributed by atoms with Crippen LogP contribution in [0.2, 0.25) is 0 Å². The number of nitrogen functional groups attached to an aromatic ring is 1. The summed E-state index contributed by atoms with van der Waals surface area (Å²) in [5, 5.41) is 0. The largest absolute Gasteiger partial charge is 0.397 e. The summed E-state index contributed by atoms with van der Waals surface area (Å²) >= 11 is 0. The maximum atomic E-state index is 12.9. The van der Waals surface area contributed by atoms with Crippen molar-refractivity contribution >= 4 is 15.7 Å². The Balaban J connectivity index is 2.44. The zero-order valence-electron chi connectivity index (χ0n) is 12.7. The van der Waals surface area contributed by atoms with Gasteiger partial charge in [0.15, 0.2) is 0 Å². The lowest BCUT2D eigenvalue weighted by atomic mass is 9.90. The summed E-state index contributed by atoms with van der Waals surface area (Å²) in [6, 6.07) is 3.69. The first-order valence-corrected chi connectivity index (χ1v) is 8.55. The van der Waals surface area contributed by atoms with E-state index in [0.29, 0.717) is 35.5 Å². The fourth-order valence-electron chi connectivity index (χ4n) is 2.72. The molecule has 0 saturated carbocycles. The van der Waals surface area contributed by atoms with Crippen molar-refractivity contribution < 1.29 is 8.42 Å². The van der Waals surface area contributed by atoms with Gasteiger partial charge in [0.2, 0.25) is 10.0 Å². The summed E-state index contributed by atoms with van der Waals surface area (Å²) in [7, 11) is -3.49. The van der Waals surface area contributed by atoms with Crippen LogP contribution in [0.15, 0.2) is 17.0 Å². The van der Waals surface area contributed by atoms with Crippen molar-refractivity contribution in [3.8, 4) is 0 Å². The number of benzene rings is 1. The van der Waals surface area contributed by atoms with E-state index in [4.69, 9.17) is 5.73 Å². The molecular weight excluding hydrogens is 272 g/mol. The van der Waals surface area contributed by atoms with Gasteiger partial charge in [0.05, 0.1) is 5.69 Å². The van der Waals surface area contributed by atoms with Gasteiger partial charge in [0, 0.05) is 13.1 Å². The number of hydrogen-bond acceptors (Lipinski definition) is 3. The second-order valence-electron chi connectivity index (χ2n) is 6.05. The molecule has 2 atom stereocenters. The highest BCUT2D eigenvalue weighted by atomic mass is 32.2. The van der Waals surface area contributed by atoms with Crippen LogP contribution in [0.4, 0.5) is 5.69 Å². The van der Waals surface area contributed by atoms with Crippen LogP contribution in [-0.4, -0.2) is 25.8 Å². The quantitative estimate of drug-likeness (QED) is 0.853. The van der Waals surface area contributed by atoms with E-state index >= 15 is 0 Å². The van der Waals surface area contributed by atoms with Crippen molar-refractivity contribution in [3.05, 3.63) is 23.3 Å². The number of nitrogens with two attached hydrogens (primary N) is 1. The van der Waals surface area contributed by atoms with Crippen LogP contribution in [0, 0.1) is 25.7 Å². The molecule has 1 heterocycles. The molecule has 112 valence electrons. The van der Waals surface area contributed by atoms with Crippen molar-refractivity contribution in [2.75, 3.05) is 18.8 Å². The van der Waals surface area contributed by atoms with Crippen LogP contribution in [0.25, 0.3) is 0 Å². The number of hydrogen-bond donors (Lipinski definition) is 1. The summed E-state index contributed by atoms with van der Waals surface area (Å²) in [4.78, 5) is 0.291. The van der Waals surface area contributed by atoms with Gasteiger partial charge in [-0.15, -0.1) is 0 Å². The van der Waals surface area contributed by atoms with Crippen molar-refractivity contribution in [2.45, 2.75) is 39.0 Å². The second-order valence-corrected chi connectivity index (χ2v) is 7.92. The average Bonchev–Trinajstić information content (AvgIpc) is 2.37. The minimum Gasteiger partial charge on any atom is -0.397 e. The molecule has 0 radical (unpaired) electrons. The minimum absolute atomic E-state index is 0.291. The van der Waals surface area contributed by atoms with E-state index in [2.05, 4.69) is 13.8 Å². The fourth-order valence-corrected chi connectivity index (χ4v) is 4.67. The maximum Gasteiger partial charge on any atom is 0.245 e. The lowest BCUT2D eigenvalue weighted by Gasteiger charge is -2.35. The zero-order chi connectivity index (χ0) is 15.1. The first kappa shape index (κ1) is 15.3. The summed E-state index contributed by atoms with van der Waals surface area (Å²) in [5.74, 6) is 0.947. The van der Waals surface area contributed by atoms with Gasteiger partial charge < -0.3 is 5.73 Å². The Bertz CT molecular complexity index is 611. The summed E-state index contributed by atoms with van der Waals surface area (Å²) in [6.07, 6.45) is 0.908. The highest BCUT2D eigenvalue weighted by Crippen LogP contribution is 2.32. The maximum absolute atomic E-state index is 12.9. The van der Waals surface area contributed by atoms with E-state index in [0.717, 1.165) is 17.5 Å². The number of sulfonamides is 1. The van der Waals surface area contributed by atoms with Crippen molar-refractivity contribution in [3.63, 3.8) is 0 Å². The second kappa shape index (κ2) is 5.37. The Kier molecular flexibility index (Phi) is 4.12. The third kappa shape index (κ3) is 2.56. The van der Waals surface area contributed by atoms with Gasteiger partial charge in [-0.05, 0) is 43.2 Å². The molecule has 2 rings (SSSR count). The van der Waals surface area contributed by atoms with Gasteiger partial charge in [-0.25, -0.2) is 8.42 Å². The molecule has 0 spiro atoms. The molecule has 1 aromatic carbocycles. The van der Waals surface area contributed by atoms with E-state index < -0.39 is 10.0 Å². The Labute approximate surface area is 122 Å². The highest BCUT2D eigenvalue weighted by molar-refractivity contribution is 7.89. The SMILES string of the molecule is Cc1ccc(C)c(S(=O)(=O)N2CCC(C)C(C)C2)c1N. The van der Waals surface area contributed by atoms with Crippen molar-refractivity contribution in [1.29, 1.82) is 0 Å². The van der Waals surface area contributed by atoms with E-state index in [1.165, 1.54) is 0 Å².